The Labute approximate surface area is 99.7 Å². The predicted molar refractivity (Wildman–Crippen MR) is 64.3 cm³/mol. The number of ketones is 1. The molecule has 0 aromatic heterocycles. The van der Waals surface area contributed by atoms with Crippen LogP contribution in [0.25, 0.3) is 5.70 Å². The number of hydrogen-bond donors (Lipinski definition) is 0. The molecule has 1 aliphatic heterocycles. The fraction of sp³-hybridized carbons (Fsp3) is 0.286. The first-order chi connectivity index (χ1) is 8.24. The largest absolute Gasteiger partial charge is 0.312 e. The number of Topliss-reactive ketones (excluding diaryl/α,β-unsaturated/α-hetero) is 1. The Bertz CT molecular complexity index is 557. The Morgan fingerprint density at radius 2 is 1.82 bits per heavy atom. The van der Waals surface area contributed by atoms with Crippen LogP contribution in [0.2, 0.25) is 0 Å². The molecule has 1 amide bonds. The van der Waals surface area contributed by atoms with Crippen molar-refractivity contribution in [2.45, 2.75) is 19.8 Å². The minimum absolute atomic E-state index is 0.0987. The van der Waals surface area contributed by atoms with E-state index < -0.39 is 0 Å². The van der Waals surface area contributed by atoms with Gasteiger partial charge in [0.2, 0.25) is 5.91 Å². The molecule has 0 saturated carbocycles. The van der Waals surface area contributed by atoms with Gasteiger partial charge in [0.15, 0.2) is 5.78 Å². The summed E-state index contributed by atoms with van der Waals surface area (Å²) in [6, 6.07) is 7.55. The number of benzene rings is 1. The van der Waals surface area contributed by atoms with Crippen LogP contribution in [-0.2, 0) is 4.79 Å². The number of rotatable bonds is 1. The molecule has 0 unspecified atom stereocenters. The van der Waals surface area contributed by atoms with E-state index in [-0.39, 0.29) is 11.7 Å². The molecule has 1 aliphatic carbocycles. The first-order valence-electron chi connectivity index (χ1n) is 5.91. The SMILES string of the molecule is CCN1C(=O)CCC2=C1c1ccccc1C2=O. The lowest BCUT2D eigenvalue weighted by molar-refractivity contribution is -0.128. The quantitative estimate of drug-likeness (QED) is 0.737. The summed E-state index contributed by atoms with van der Waals surface area (Å²) < 4.78 is 0. The molecule has 0 atom stereocenters. The van der Waals surface area contributed by atoms with Crippen molar-refractivity contribution in [3.05, 3.63) is 41.0 Å². The molecule has 3 nitrogen and oxygen atoms in total. The van der Waals surface area contributed by atoms with Gasteiger partial charge in [0, 0.05) is 29.7 Å². The summed E-state index contributed by atoms with van der Waals surface area (Å²) in [5.41, 5.74) is 3.32. The van der Waals surface area contributed by atoms with E-state index in [1.165, 1.54) is 0 Å². The van der Waals surface area contributed by atoms with E-state index in [1.807, 2.05) is 31.2 Å². The average Bonchev–Trinajstić information content (AvgIpc) is 2.64. The Morgan fingerprint density at radius 3 is 2.53 bits per heavy atom. The van der Waals surface area contributed by atoms with E-state index in [4.69, 9.17) is 0 Å². The molecular weight excluding hydrogens is 214 g/mol. The number of allylic oxidation sites excluding steroid dienone is 1. The molecular formula is C14H13NO2. The fourth-order valence-corrected chi connectivity index (χ4v) is 2.69. The molecule has 2 aliphatic rings. The summed E-state index contributed by atoms with van der Waals surface area (Å²) in [5.74, 6) is 0.220. The Hall–Kier alpha value is -1.90. The van der Waals surface area contributed by atoms with Crippen molar-refractivity contribution < 1.29 is 9.59 Å². The third kappa shape index (κ3) is 1.28. The van der Waals surface area contributed by atoms with E-state index in [0.717, 1.165) is 22.4 Å². The van der Waals surface area contributed by atoms with Gasteiger partial charge >= 0.3 is 0 Å². The van der Waals surface area contributed by atoms with E-state index >= 15 is 0 Å². The molecule has 0 saturated heterocycles. The first kappa shape index (κ1) is 10.3. The highest BCUT2D eigenvalue weighted by atomic mass is 16.2. The van der Waals surface area contributed by atoms with Crippen molar-refractivity contribution in [3.63, 3.8) is 0 Å². The number of amides is 1. The lowest BCUT2D eigenvalue weighted by Gasteiger charge is -2.27. The second kappa shape index (κ2) is 3.55. The van der Waals surface area contributed by atoms with Crippen LogP contribution in [0.3, 0.4) is 0 Å². The molecule has 0 fully saturated rings. The van der Waals surface area contributed by atoms with Crippen molar-refractivity contribution >= 4 is 17.4 Å². The first-order valence-corrected chi connectivity index (χ1v) is 5.91. The number of fused-ring (bicyclic) bond motifs is 2. The van der Waals surface area contributed by atoms with Gasteiger partial charge in [-0.25, -0.2) is 0 Å². The summed E-state index contributed by atoms with van der Waals surface area (Å²) in [7, 11) is 0. The molecule has 1 aromatic carbocycles. The Morgan fingerprint density at radius 1 is 1.12 bits per heavy atom. The smallest absolute Gasteiger partial charge is 0.227 e. The van der Waals surface area contributed by atoms with Crippen LogP contribution >= 0.6 is 0 Å². The normalized spacial score (nSPS) is 18.5. The van der Waals surface area contributed by atoms with E-state index in [0.29, 0.717) is 19.4 Å². The van der Waals surface area contributed by atoms with Gasteiger partial charge in [-0.05, 0) is 13.3 Å². The van der Waals surface area contributed by atoms with Crippen molar-refractivity contribution in [2.75, 3.05) is 6.54 Å². The molecule has 0 spiro atoms. The summed E-state index contributed by atoms with van der Waals surface area (Å²) in [6.07, 6.45) is 1.03. The highest BCUT2D eigenvalue weighted by Gasteiger charge is 2.36. The molecule has 17 heavy (non-hydrogen) atoms. The maximum Gasteiger partial charge on any atom is 0.227 e. The zero-order valence-electron chi connectivity index (χ0n) is 9.69. The van der Waals surface area contributed by atoms with Crippen molar-refractivity contribution in [1.82, 2.24) is 4.90 Å². The average molecular weight is 227 g/mol. The van der Waals surface area contributed by atoms with Crippen LogP contribution in [0.15, 0.2) is 29.8 Å². The Balaban J connectivity index is 2.22. The van der Waals surface area contributed by atoms with Gasteiger partial charge in [-0.1, -0.05) is 24.3 Å². The van der Waals surface area contributed by atoms with Gasteiger partial charge in [-0.15, -0.1) is 0 Å². The lowest BCUT2D eigenvalue weighted by atomic mass is 10.0. The van der Waals surface area contributed by atoms with Gasteiger partial charge in [-0.3, -0.25) is 9.59 Å². The van der Waals surface area contributed by atoms with Gasteiger partial charge in [-0.2, -0.15) is 0 Å². The number of carbonyl (C=O) groups is 2. The standard InChI is InChI=1S/C14H13NO2/c1-2-15-12(16)8-7-11-13(15)9-5-3-4-6-10(9)14(11)17/h3-6H,2,7-8H2,1H3. The summed E-state index contributed by atoms with van der Waals surface area (Å²) in [4.78, 5) is 25.8. The number of nitrogens with zero attached hydrogens (tertiary/aromatic N) is 1. The molecule has 86 valence electrons. The third-order valence-electron chi connectivity index (χ3n) is 3.46. The highest BCUT2D eigenvalue weighted by Crippen LogP contribution is 2.40. The van der Waals surface area contributed by atoms with Crippen LogP contribution in [0.5, 0.6) is 0 Å². The Kier molecular flexibility index (Phi) is 2.15. The fourth-order valence-electron chi connectivity index (χ4n) is 2.69. The van der Waals surface area contributed by atoms with E-state index in [2.05, 4.69) is 0 Å². The van der Waals surface area contributed by atoms with E-state index in [1.54, 1.807) is 4.90 Å². The predicted octanol–water partition coefficient (Wildman–Crippen LogP) is 2.24. The molecule has 0 bridgehead atoms. The minimum atomic E-state index is 0.0987. The summed E-state index contributed by atoms with van der Waals surface area (Å²) in [6.45, 7) is 2.57. The minimum Gasteiger partial charge on any atom is -0.312 e. The molecule has 0 radical (unpaired) electrons. The lowest BCUT2D eigenvalue weighted by Crippen LogP contribution is -2.32. The van der Waals surface area contributed by atoms with Gasteiger partial charge in [0.25, 0.3) is 0 Å². The highest BCUT2D eigenvalue weighted by molar-refractivity contribution is 6.22. The molecule has 1 heterocycles. The van der Waals surface area contributed by atoms with Crippen LogP contribution in [0, 0.1) is 0 Å². The molecule has 1 aromatic rings. The number of carbonyl (C=O) groups excluding carboxylic acids is 2. The second-order valence-electron chi connectivity index (χ2n) is 4.34. The topological polar surface area (TPSA) is 37.4 Å². The van der Waals surface area contributed by atoms with Gasteiger partial charge in [0.05, 0.1) is 5.70 Å². The summed E-state index contributed by atoms with van der Waals surface area (Å²) >= 11 is 0. The second-order valence-corrected chi connectivity index (χ2v) is 4.34. The zero-order valence-corrected chi connectivity index (χ0v) is 9.69. The van der Waals surface area contributed by atoms with Gasteiger partial charge in [0.1, 0.15) is 0 Å². The maximum atomic E-state index is 12.2. The molecule has 0 N–H and O–H groups in total. The molecule has 3 heteroatoms. The van der Waals surface area contributed by atoms with Crippen LogP contribution < -0.4 is 0 Å². The third-order valence-corrected chi connectivity index (χ3v) is 3.46. The number of hydrogen-bond acceptors (Lipinski definition) is 2. The monoisotopic (exact) mass is 227 g/mol. The van der Waals surface area contributed by atoms with Crippen molar-refractivity contribution in [3.8, 4) is 0 Å². The van der Waals surface area contributed by atoms with Crippen LogP contribution in [-0.4, -0.2) is 23.1 Å². The van der Waals surface area contributed by atoms with E-state index in [9.17, 15) is 9.59 Å². The van der Waals surface area contributed by atoms with Gasteiger partial charge < -0.3 is 4.90 Å². The van der Waals surface area contributed by atoms with Crippen LogP contribution in [0.4, 0.5) is 0 Å². The van der Waals surface area contributed by atoms with Crippen LogP contribution in [0.1, 0.15) is 35.7 Å². The molecule has 3 rings (SSSR count). The van der Waals surface area contributed by atoms with Crippen molar-refractivity contribution in [1.29, 1.82) is 0 Å². The zero-order chi connectivity index (χ0) is 12.0. The maximum absolute atomic E-state index is 12.2. The summed E-state index contributed by atoms with van der Waals surface area (Å²) in [5, 5.41) is 0. The van der Waals surface area contributed by atoms with Crippen molar-refractivity contribution in [2.24, 2.45) is 0 Å².